The zero-order valence-corrected chi connectivity index (χ0v) is 27.8. The van der Waals surface area contributed by atoms with Crippen molar-refractivity contribution in [2.75, 3.05) is 6.61 Å². The van der Waals surface area contributed by atoms with Gasteiger partial charge < -0.3 is 34.2 Å². The molecule has 2 saturated heterocycles. The van der Waals surface area contributed by atoms with Crippen molar-refractivity contribution in [3.8, 4) is 0 Å². The third kappa shape index (κ3) is 7.55. The summed E-state index contributed by atoms with van der Waals surface area (Å²) in [7, 11) is 0. The van der Waals surface area contributed by atoms with E-state index in [-0.39, 0.29) is 13.2 Å². The summed E-state index contributed by atoms with van der Waals surface area (Å²) in [4.78, 5) is 14.1. The van der Waals surface area contributed by atoms with Crippen LogP contribution in [-0.4, -0.2) is 49.3 Å². The smallest absolute Gasteiger partial charge is 0.347 e. The molecule has 2 heterocycles. The van der Waals surface area contributed by atoms with Gasteiger partial charge in [-0.1, -0.05) is 142 Å². The summed E-state index contributed by atoms with van der Waals surface area (Å²) < 4.78 is 38.9. The Morgan fingerprint density at radius 1 is 0.708 bits per heavy atom. The molecule has 0 amide bonds. The number of benzene rings is 4. The quantitative estimate of drug-likeness (QED) is 0.168. The molecule has 252 valence electrons. The van der Waals surface area contributed by atoms with Crippen LogP contribution in [0.1, 0.15) is 43.0 Å². The second-order valence-electron chi connectivity index (χ2n) is 13.5. The van der Waals surface area contributed by atoms with Gasteiger partial charge in [0.15, 0.2) is 0 Å². The fourth-order valence-electron chi connectivity index (χ4n) is 6.26. The molecule has 0 bridgehead atoms. The van der Waals surface area contributed by atoms with Gasteiger partial charge in [-0.2, -0.15) is 0 Å². The van der Waals surface area contributed by atoms with Gasteiger partial charge in [0.25, 0.3) is 0 Å². The van der Waals surface area contributed by atoms with Crippen LogP contribution in [0.25, 0.3) is 0 Å². The van der Waals surface area contributed by atoms with Crippen molar-refractivity contribution < 1.29 is 33.2 Å². The van der Waals surface area contributed by atoms with Crippen LogP contribution in [0.4, 0.5) is 0 Å². The number of cyclic esters (lactones) is 1. The monoisotopic (exact) mass is 651 g/mol. The van der Waals surface area contributed by atoms with Gasteiger partial charge in [0.1, 0.15) is 24.4 Å². The van der Waals surface area contributed by atoms with Crippen LogP contribution in [0, 0.1) is 5.41 Å². The van der Waals surface area contributed by atoms with Crippen LogP contribution >= 0.6 is 0 Å². The first-order valence-electron chi connectivity index (χ1n) is 16.5. The molecule has 2 N–H and O–H groups in total. The molecule has 48 heavy (non-hydrogen) atoms. The number of rotatable bonds is 13. The van der Waals surface area contributed by atoms with Crippen LogP contribution in [-0.2, 0) is 58.6 Å². The summed E-state index contributed by atoms with van der Waals surface area (Å²) in [5, 5.41) is 0. The predicted molar refractivity (Wildman–Crippen MR) is 181 cm³/mol. The van der Waals surface area contributed by atoms with Gasteiger partial charge in [-0.25, -0.2) is 4.79 Å². The normalized spacial score (nSPS) is 26.3. The Morgan fingerprint density at radius 2 is 1.19 bits per heavy atom. The second kappa shape index (κ2) is 15.1. The molecule has 6 rings (SSSR count). The molecule has 4 aromatic carbocycles. The van der Waals surface area contributed by atoms with Crippen LogP contribution in [0.15, 0.2) is 121 Å². The average molecular weight is 652 g/mol. The van der Waals surface area contributed by atoms with Gasteiger partial charge in [-0.15, -0.1) is 0 Å². The SMILES string of the molecule is CC(C)(C)[C@@H]1OC(=O)[C@@](c2ccccc2)([C@@H](N)[C@H]2O[C@H](COCc3ccccc3)[C@@H](OCc3ccccc3)[C@@H]2OCc2ccccc2)O1. The van der Waals surface area contributed by atoms with Crippen LogP contribution in [0.2, 0.25) is 0 Å². The fraction of sp³-hybridized carbons (Fsp3) is 0.375. The molecule has 7 atom stereocenters. The first-order chi connectivity index (χ1) is 23.3. The molecule has 0 saturated carbocycles. The van der Waals surface area contributed by atoms with E-state index in [4.69, 9.17) is 34.2 Å². The third-order valence-electron chi connectivity index (χ3n) is 8.85. The number of esters is 1. The van der Waals surface area contributed by atoms with Gasteiger partial charge in [0.2, 0.25) is 11.9 Å². The first kappa shape index (κ1) is 34.0. The first-order valence-corrected chi connectivity index (χ1v) is 16.5. The Kier molecular flexibility index (Phi) is 10.7. The highest BCUT2D eigenvalue weighted by Gasteiger charge is 2.63. The van der Waals surface area contributed by atoms with Gasteiger partial charge >= 0.3 is 5.97 Å². The van der Waals surface area contributed by atoms with E-state index in [1.807, 2.05) is 142 Å². The zero-order chi connectivity index (χ0) is 33.6. The molecular formula is C40H45NO7. The molecular weight excluding hydrogens is 606 g/mol. The number of carbonyl (C=O) groups is 1. The number of carbonyl (C=O) groups excluding carboxylic acids is 1. The number of ether oxygens (including phenoxy) is 6. The largest absolute Gasteiger partial charge is 0.433 e. The van der Waals surface area contributed by atoms with E-state index in [2.05, 4.69) is 0 Å². The molecule has 4 aromatic rings. The van der Waals surface area contributed by atoms with E-state index in [1.165, 1.54) is 0 Å². The van der Waals surface area contributed by atoms with Crippen molar-refractivity contribution in [1.29, 1.82) is 0 Å². The fourth-order valence-corrected chi connectivity index (χ4v) is 6.26. The van der Waals surface area contributed by atoms with E-state index < -0.39 is 53.7 Å². The lowest BCUT2D eigenvalue weighted by Crippen LogP contribution is -2.59. The summed E-state index contributed by atoms with van der Waals surface area (Å²) in [5.41, 5.74) is 8.70. The minimum Gasteiger partial charge on any atom is -0.433 e. The molecule has 2 fully saturated rings. The van der Waals surface area contributed by atoms with E-state index >= 15 is 0 Å². The van der Waals surface area contributed by atoms with E-state index in [0.717, 1.165) is 16.7 Å². The lowest BCUT2D eigenvalue weighted by molar-refractivity contribution is -0.169. The summed E-state index contributed by atoms with van der Waals surface area (Å²) in [5.74, 6) is -0.558. The minimum atomic E-state index is -1.65. The zero-order valence-electron chi connectivity index (χ0n) is 27.8. The summed E-state index contributed by atoms with van der Waals surface area (Å²) in [6.07, 6.45) is -3.47. The van der Waals surface area contributed by atoms with Crippen LogP contribution < -0.4 is 5.73 Å². The highest BCUT2D eigenvalue weighted by atomic mass is 16.8. The number of hydrogen-bond donors (Lipinski definition) is 1. The van der Waals surface area contributed by atoms with Crippen molar-refractivity contribution in [2.24, 2.45) is 11.1 Å². The van der Waals surface area contributed by atoms with E-state index in [0.29, 0.717) is 18.8 Å². The van der Waals surface area contributed by atoms with Gasteiger partial charge in [0, 0.05) is 5.41 Å². The molecule has 2 aliphatic heterocycles. The Morgan fingerprint density at radius 3 is 1.69 bits per heavy atom. The molecule has 0 aromatic heterocycles. The van der Waals surface area contributed by atoms with Crippen molar-refractivity contribution in [3.63, 3.8) is 0 Å². The summed E-state index contributed by atoms with van der Waals surface area (Å²) in [6, 6.07) is 38.1. The molecule has 0 unspecified atom stereocenters. The molecule has 0 radical (unpaired) electrons. The van der Waals surface area contributed by atoms with Gasteiger partial charge in [-0.05, 0) is 22.3 Å². The Hall–Kier alpha value is -3.89. The number of hydrogen-bond acceptors (Lipinski definition) is 8. The molecule has 8 heteroatoms. The summed E-state index contributed by atoms with van der Waals surface area (Å²) in [6.45, 7) is 7.11. The lowest BCUT2D eigenvalue weighted by atomic mass is 9.82. The van der Waals surface area contributed by atoms with E-state index in [1.54, 1.807) is 0 Å². The maximum Gasteiger partial charge on any atom is 0.347 e. The van der Waals surface area contributed by atoms with Crippen molar-refractivity contribution in [2.45, 2.75) is 82.9 Å². The van der Waals surface area contributed by atoms with Crippen molar-refractivity contribution >= 4 is 5.97 Å². The maximum atomic E-state index is 14.1. The van der Waals surface area contributed by atoms with Gasteiger partial charge in [-0.3, -0.25) is 0 Å². The predicted octanol–water partition coefficient (Wildman–Crippen LogP) is 6.31. The van der Waals surface area contributed by atoms with Crippen molar-refractivity contribution in [3.05, 3.63) is 144 Å². The van der Waals surface area contributed by atoms with E-state index in [9.17, 15) is 4.79 Å². The Balaban J connectivity index is 1.35. The van der Waals surface area contributed by atoms with Crippen LogP contribution in [0.3, 0.4) is 0 Å². The summed E-state index contributed by atoms with van der Waals surface area (Å²) >= 11 is 0. The lowest BCUT2D eigenvalue weighted by Gasteiger charge is -2.37. The molecule has 0 aliphatic carbocycles. The topological polar surface area (TPSA) is 98.5 Å². The third-order valence-corrected chi connectivity index (χ3v) is 8.85. The molecule has 0 spiro atoms. The number of nitrogens with two attached hydrogens (primary N) is 1. The highest BCUT2D eigenvalue weighted by molar-refractivity contribution is 5.84. The highest BCUT2D eigenvalue weighted by Crippen LogP contribution is 2.46. The van der Waals surface area contributed by atoms with Gasteiger partial charge in [0.05, 0.1) is 32.5 Å². The minimum absolute atomic E-state index is 0.219. The molecule has 2 aliphatic rings. The molecule has 8 nitrogen and oxygen atoms in total. The standard InChI is InChI=1S/C40H45NO7/c1-39(2,3)38-47-37(42)40(48-38,31-22-14-7-15-23-31)36(41)35-34(45-26-30-20-12-6-13-21-30)33(44-25-29-18-10-5-11-19-29)32(46-35)27-43-24-28-16-8-4-9-17-28/h4-23,32-36,38H,24-27,41H2,1-3H3/t32-,33-,34+,35+,36+,38-,40-/m1/s1. The Bertz CT molecular complexity index is 1580. The maximum absolute atomic E-state index is 14.1. The second-order valence-corrected chi connectivity index (χ2v) is 13.5. The van der Waals surface area contributed by atoms with Crippen LogP contribution in [0.5, 0.6) is 0 Å². The van der Waals surface area contributed by atoms with Crippen molar-refractivity contribution in [1.82, 2.24) is 0 Å². The Labute approximate surface area is 283 Å². The average Bonchev–Trinajstić information content (AvgIpc) is 3.65.